The molecular weight excluding hydrogens is 432 g/mol. The standard InChI is InChI=1S/C26H24N4O2S/c1-3-30-22-8-11-33-25(22)14-23(30)26(31)29-9-10-32-24-7-5-17(12-19(24)15-29)18-4-6-20-21(13-18)28-16(2)27-20/h4-8,11-14H,3,9-10,15H2,1-2H3,(H,27,28). The molecule has 2 aromatic carbocycles. The number of nitrogens with zero attached hydrogens (tertiary/aromatic N) is 3. The number of ether oxygens (including phenoxy) is 1. The van der Waals surface area contributed by atoms with Crippen LogP contribution in [0.1, 0.15) is 28.8 Å². The molecule has 0 saturated carbocycles. The van der Waals surface area contributed by atoms with Crippen LogP contribution in [0, 0.1) is 6.92 Å². The fourth-order valence-corrected chi connectivity index (χ4v) is 5.54. The van der Waals surface area contributed by atoms with Crippen LogP contribution in [0.4, 0.5) is 0 Å². The maximum absolute atomic E-state index is 13.6. The predicted octanol–water partition coefficient (Wildman–Crippen LogP) is 5.61. The quantitative estimate of drug-likeness (QED) is 0.384. The Kier molecular flexibility index (Phi) is 4.73. The summed E-state index contributed by atoms with van der Waals surface area (Å²) in [6.45, 7) is 6.38. The number of fused-ring (bicyclic) bond motifs is 3. The van der Waals surface area contributed by atoms with E-state index < -0.39 is 0 Å². The molecule has 0 unspecified atom stereocenters. The smallest absolute Gasteiger partial charge is 0.270 e. The third kappa shape index (κ3) is 3.40. The molecule has 166 valence electrons. The number of rotatable bonds is 3. The summed E-state index contributed by atoms with van der Waals surface area (Å²) in [5, 5.41) is 2.07. The van der Waals surface area contributed by atoms with E-state index in [4.69, 9.17) is 4.74 Å². The molecular formula is C26H24N4O2S. The number of carbonyl (C=O) groups excluding carboxylic acids is 1. The molecule has 6 nitrogen and oxygen atoms in total. The highest BCUT2D eigenvalue weighted by Gasteiger charge is 2.25. The highest BCUT2D eigenvalue weighted by atomic mass is 32.1. The Hall–Kier alpha value is -3.58. The van der Waals surface area contributed by atoms with Gasteiger partial charge in [-0.3, -0.25) is 4.79 Å². The zero-order valence-electron chi connectivity index (χ0n) is 18.6. The average molecular weight is 457 g/mol. The summed E-state index contributed by atoms with van der Waals surface area (Å²) >= 11 is 1.67. The van der Waals surface area contributed by atoms with Crippen molar-refractivity contribution in [3.63, 3.8) is 0 Å². The second-order valence-electron chi connectivity index (χ2n) is 8.40. The lowest BCUT2D eigenvalue weighted by atomic mass is 10.0. The first-order valence-corrected chi connectivity index (χ1v) is 12.1. The minimum Gasteiger partial charge on any atom is -0.491 e. The summed E-state index contributed by atoms with van der Waals surface area (Å²) in [4.78, 5) is 23.3. The second kappa shape index (κ2) is 7.78. The summed E-state index contributed by atoms with van der Waals surface area (Å²) < 4.78 is 9.28. The number of H-pyrrole nitrogens is 1. The summed E-state index contributed by atoms with van der Waals surface area (Å²) in [7, 11) is 0. The monoisotopic (exact) mass is 456 g/mol. The van der Waals surface area contributed by atoms with Gasteiger partial charge < -0.3 is 19.2 Å². The van der Waals surface area contributed by atoms with Gasteiger partial charge in [0.05, 0.1) is 27.8 Å². The van der Waals surface area contributed by atoms with Gasteiger partial charge in [0.25, 0.3) is 5.91 Å². The molecule has 3 aromatic heterocycles. The molecule has 0 atom stereocenters. The van der Waals surface area contributed by atoms with Crippen molar-refractivity contribution in [2.24, 2.45) is 0 Å². The molecule has 1 aliphatic rings. The van der Waals surface area contributed by atoms with Crippen molar-refractivity contribution in [1.29, 1.82) is 0 Å². The van der Waals surface area contributed by atoms with Crippen LogP contribution in [-0.2, 0) is 13.1 Å². The number of thiophene rings is 1. The summed E-state index contributed by atoms with van der Waals surface area (Å²) in [6, 6.07) is 16.6. The SMILES string of the molecule is CCn1c(C(=O)N2CCOc3ccc(-c4ccc5nc(C)[nH]c5c4)cc3C2)cc2sccc21. The van der Waals surface area contributed by atoms with E-state index in [0.717, 1.165) is 61.8 Å². The number of aromatic amines is 1. The van der Waals surface area contributed by atoms with E-state index in [1.54, 1.807) is 11.3 Å². The van der Waals surface area contributed by atoms with Crippen LogP contribution in [0.15, 0.2) is 53.9 Å². The topological polar surface area (TPSA) is 63.1 Å². The van der Waals surface area contributed by atoms with Crippen molar-refractivity contribution in [2.45, 2.75) is 26.9 Å². The third-order valence-electron chi connectivity index (χ3n) is 6.32. The van der Waals surface area contributed by atoms with Crippen molar-refractivity contribution in [2.75, 3.05) is 13.2 Å². The number of aromatic nitrogens is 3. The second-order valence-corrected chi connectivity index (χ2v) is 9.34. The van der Waals surface area contributed by atoms with Crippen molar-refractivity contribution >= 4 is 38.5 Å². The van der Waals surface area contributed by atoms with E-state index >= 15 is 0 Å². The van der Waals surface area contributed by atoms with E-state index in [1.165, 1.54) is 0 Å². The van der Waals surface area contributed by atoms with Gasteiger partial charge in [0.1, 0.15) is 23.9 Å². The Balaban J connectivity index is 1.34. The van der Waals surface area contributed by atoms with Gasteiger partial charge in [0.2, 0.25) is 0 Å². The molecule has 1 aliphatic heterocycles. The molecule has 0 saturated heterocycles. The van der Waals surface area contributed by atoms with Gasteiger partial charge in [-0.25, -0.2) is 4.98 Å². The molecule has 0 bridgehead atoms. The average Bonchev–Trinajstić information content (AvgIpc) is 3.46. The maximum atomic E-state index is 13.6. The van der Waals surface area contributed by atoms with Crippen LogP contribution in [0.5, 0.6) is 5.75 Å². The Morgan fingerprint density at radius 2 is 2.00 bits per heavy atom. The van der Waals surface area contributed by atoms with Crippen LogP contribution in [0.2, 0.25) is 0 Å². The number of carbonyl (C=O) groups is 1. The molecule has 0 aliphatic carbocycles. The fraction of sp³-hybridized carbons (Fsp3) is 0.231. The van der Waals surface area contributed by atoms with Crippen LogP contribution >= 0.6 is 11.3 Å². The van der Waals surface area contributed by atoms with Crippen molar-refractivity contribution in [1.82, 2.24) is 19.4 Å². The van der Waals surface area contributed by atoms with E-state index in [1.807, 2.05) is 30.0 Å². The molecule has 1 N–H and O–H groups in total. The van der Waals surface area contributed by atoms with Crippen molar-refractivity contribution in [3.05, 3.63) is 71.0 Å². The van der Waals surface area contributed by atoms with Gasteiger partial charge in [0, 0.05) is 18.7 Å². The minimum absolute atomic E-state index is 0.0523. The number of aryl methyl sites for hydroxylation is 2. The Morgan fingerprint density at radius 3 is 2.88 bits per heavy atom. The van der Waals surface area contributed by atoms with E-state index in [9.17, 15) is 4.79 Å². The van der Waals surface area contributed by atoms with Crippen LogP contribution in [-0.4, -0.2) is 38.5 Å². The van der Waals surface area contributed by atoms with E-state index in [-0.39, 0.29) is 5.91 Å². The van der Waals surface area contributed by atoms with Crippen LogP contribution < -0.4 is 4.74 Å². The van der Waals surface area contributed by atoms with Gasteiger partial charge >= 0.3 is 0 Å². The third-order valence-corrected chi connectivity index (χ3v) is 7.17. The number of hydrogen-bond acceptors (Lipinski definition) is 4. The number of benzene rings is 2. The fourth-order valence-electron chi connectivity index (χ4n) is 4.72. The summed E-state index contributed by atoms with van der Waals surface area (Å²) in [5.41, 5.74) is 7.09. The molecule has 6 rings (SSSR count). The maximum Gasteiger partial charge on any atom is 0.270 e. The molecule has 4 heterocycles. The summed E-state index contributed by atoms with van der Waals surface area (Å²) in [6.07, 6.45) is 0. The van der Waals surface area contributed by atoms with Gasteiger partial charge in [-0.2, -0.15) is 0 Å². The Bertz CT molecular complexity index is 1510. The number of imidazole rings is 1. The van der Waals surface area contributed by atoms with Crippen LogP contribution in [0.25, 0.3) is 32.4 Å². The normalized spacial score (nSPS) is 13.8. The van der Waals surface area contributed by atoms with Gasteiger partial charge in [0.15, 0.2) is 0 Å². The molecule has 0 spiro atoms. The van der Waals surface area contributed by atoms with E-state index in [2.05, 4.69) is 57.2 Å². The highest BCUT2D eigenvalue weighted by molar-refractivity contribution is 7.17. The molecule has 5 aromatic rings. The number of nitrogens with one attached hydrogen (secondary N) is 1. The largest absolute Gasteiger partial charge is 0.491 e. The van der Waals surface area contributed by atoms with E-state index in [0.29, 0.717) is 19.7 Å². The zero-order valence-corrected chi connectivity index (χ0v) is 19.4. The lowest BCUT2D eigenvalue weighted by molar-refractivity contribution is 0.0723. The van der Waals surface area contributed by atoms with Crippen molar-refractivity contribution < 1.29 is 9.53 Å². The van der Waals surface area contributed by atoms with Gasteiger partial charge in [-0.15, -0.1) is 11.3 Å². The summed E-state index contributed by atoms with van der Waals surface area (Å²) in [5.74, 6) is 1.80. The highest BCUT2D eigenvalue weighted by Crippen LogP contribution is 2.32. The molecule has 1 amide bonds. The molecule has 7 heteroatoms. The first-order chi connectivity index (χ1) is 16.1. The lowest BCUT2D eigenvalue weighted by Crippen LogP contribution is -2.33. The predicted molar refractivity (Wildman–Crippen MR) is 132 cm³/mol. The Labute approximate surface area is 195 Å². The number of amides is 1. The zero-order chi connectivity index (χ0) is 22.5. The van der Waals surface area contributed by atoms with Crippen molar-refractivity contribution in [3.8, 4) is 16.9 Å². The first kappa shape index (κ1) is 20.1. The number of hydrogen-bond donors (Lipinski definition) is 1. The lowest BCUT2D eigenvalue weighted by Gasteiger charge is -2.21. The molecule has 33 heavy (non-hydrogen) atoms. The van der Waals surface area contributed by atoms with Gasteiger partial charge in [-0.05, 0) is 66.8 Å². The molecule has 0 radical (unpaired) electrons. The Morgan fingerprint density at radius 1 is 1.15 bits per heavy atom. The first-order valence-electron chi connectivity index (χ1n) is 11.2. The van der Waals surface area contributed by atoms with Crippen LogP contribution in [0.3, 0.4) is 0 Å². The van der Waals surface area contributed by atoms with Gasteiger partial charge in [-0.1, -0.05) is 12.1 Å². The molecule has 0 fully saturated rings. The minimum atomic E-state index is 0.0523.